The third-order valence-corrected chi connectivity index (χ3v) is 19.8. The van der Waals surface area contributed by atoms with Crippen molar-refractivity contribution in [3.63, 3.8) is 0 Å². The van der Waals surface area contributed by atoms with Crippen molar-refractivity contribution < 1.29 is 0 Å². The molecule has 412 valence electrons. The van der Waals surface area contributed by atoms with Gasteiger partial charge in [-0.1, -0.05) is 258 Å². The zero-order valence-corrected chi connectivity index (χ0v) is 49.3. The van der Waals surface area contributed by atoms with Gasteiger partial charge in [0.05, 0.1) is 5.41 Å². The number of anilines is 6. The van der Waals surface area contributed by atoms with Crippen LogP contribution in [0.15, 0.2) is 303 Å². The highest BCUT2D eigenvalue weighted by molar-refractivity contribution is 6.02. The van der Waals surface area contributed by atoms with Gasteiger partial charge in [-0.15, -0.1) is 0 Å². The van der Waals surface area contributed by atoms with E-state index < -0.39 is 5.41 Å². The molecule has 2 heteroatoms. The van der Waals surface area contributed by atoms with E-state index >= 15 is 0 Å². The number of nitrogens with zero attached hydrogens (tertiary/aromatic N) is 2. The number of rotatable bonds is 9. The zero-order chi connectivity index (χ0) is 58.2. The quantitative estimate of drug-likeness (QED) is 0.142. The van der Waals surface area contributed by atoms with Gasteiger partial charge in [0.15, 0.2) is 0 Å². The summed E-state index contributed by atoms with van der Waals surface area (Å²) in [6.45, 7) is 9.58. The van der Waals surface area contributed by atoms with Crippen LogP contribution in [0, 0.1) is 0 Å². The minimum absolute atomic E-state index is 0.199. The first-order chi connectivity index (χ1) is 42.7. The highest BCUT2D eigenvalue weighted by Gasteiger charge is 2.52. The third kappa shape index (κ3) is 7.54. The van der Waals surface area contributed by atoms with Gasteiger partial charge in [-0.05, 0) is 195 Å². The smallest absolute Gasteiger partial charge is 0.0725 e. The molecule has 0 fully saturated rings. The van der Waals surface area contributed by atoms with Crippen molar-refractivity contribution in [2.75, 3.05) is 9.80 Å². The molecule has 0 unspecified atom stereocenters. The molecular weight excluding hydrogens is 1050 g/mol. The Hall–Kier alpha value is -10.5. The summed E-state index contributed by atoms with van der Waals surface area (Å²) in [5, 5.41) is 0. The Morgan fingerprint density at radius 2 is 0.552 bits per heavy atom. The van der Waals surface area contributed by atoms with E-state index in [1.807, 2.05) is 0 Å². The van der Waals surface area contributed by atoms with Crippen molar-refractivity contribution in [2.24, 2.45) is 0 Å². The van der Waals surface area contributed by atoms with Crippen LogP contribution < -0.4 is 9.80 Å². The summed E-state index contributed by atoms with van der Waals surface area (Å²) in [7, 11) is 0. The molecule has 0 atom stereocenters. The predicted octanol–water partition coefficient (Wildman–Crippen LogP) is 22.6. The normalized spacial score (nSPS) is 14.3. The summed E-state index contributed by atoms with van der Waals surface area (Å²) < 4.78 is 0. The highest BCUT2D eigenvalue weighted by atomic mass is 15.2. The van der Waals surface area contributed by atoms with Crippen molar-refractivity contribution in [1.82, 2.24) is 0 Å². The second kappa shape index (κ2) is 19.2. The van der Waals surface area contributed by atoms with Crippen molar-refractivity contribution in [2.45, 2.75) is 43.9 Å². The van der Waals surface area contributed by atoms with Gasteiger partial charge in [0.2, 0.25) is 0 Å². The second-order valence-corrected chi connectivity index (χ2v) is 25.2. The summed E-state index contributed by atoms with van der Waals surface area (Å²) in [6, 6.07) is 114. The Morgan fingerprint density at radius 3 is 1.11 bits per heavy atom. The fraction of sp³-hybridized carbons (Fsp3) is 0.0824. The largest absolute Gasteiger partial charge is 0.310 e. The van der Waals surface area contributed by atoms with Gasteiger partial charge in [-0.3, -0.25) is 0 Å². The number of para-hydroxylation sites is 1. The summed E-state index contributed by atoms with van der Waals surface area (Å²) in [6.07, 6.45) is 0. The van der Waals surface area contributed by atoms with Crippen molar-refractivity contribution >= 4 is 34.1 Å². The Morgan fingerprint density at radius 1 is 0.195 bits per heavy atom. The standard InChI is InChI=1S/C85H62N2/c1-83(2)74-34-18-14-29-67(74)71-47-44-62(53-80(71)83)86(60-27-12-7-13-28-60)64-49-59(66-33-22-38-78-82(66)73-32-17-21-37-77(73)85(78)75-35-19-15-30-68(75)69-31-16-20-36-76(69)85)50-65(52-64)87(61-42-39-57(40-43-61)55-23-8-5-9-24-55)63-45-48-72-70-46-41-58(56-25-10-6-11-26-56)51-79(70)84(3,4)81(72)54-63/h5-54H,1-4H3. The Balaban J connectivity index is 0.926. The molecule has 0 N–H and O–H groups in total. The number of hydrogen-bond donors (Lipinski definition) is 0. The fourth-order valence-corrected chi connectivity index (χ4v) is 15.8. The number of fused-ring (bicyclic) bond motifs is 16. The summed E-state index contributed by atoms with van der Waals surface area (Å²) in [5.41, 5.74) is 33.7. The molecule has 2 nitrogen and oxygen atoms in total. The molecule has 17 rings (SSSR count). The maximum absolute atomic E-state index is 2.52. The van der Waals surface area contributed by atoms with Crippen molar-refractivity contribution in [3.05, 3.63) is 348 Å². The van der Waals surface area contributed by atoms with Crippen LogP contribution in [-0.4, -0.2) is 0 Å². The average molecular weight is 1110 g/mol. The lowest BCUT2D eigenvalue weighted by atomic mass is 9.70. The van der Waals surface area contributed by atoms with Gasteiger partial charge < -0.3 is 9.80 Å². The monoisotopic (exact) mass is 1110 g/mol. The molecule has 0 saturated heterocycles. The van der Waals surface area contributed by atoms with Gasteiger partial charge in [0, 0.05) is 45.0 Å². The molecule has 13 aromatic carbocycles. The first-order valence-electron chi connectivity index (χ1n) is 30.6. The van der Waals surface area contributed by atoms with Crippen molar-refractivity contribution in [1.29, 1.82) is 0 Å². The lowest BCUT2D eigenvalue weighted by molar-refractivity contribution is 0.660. The molecule has 4 aliphatic carbocycles. The van der Waals surface area contributed by atoms with Crippen LogP contribution >= 0.6 is 0 Å². The van der Waals surface area contributed by atoms with Crippen LogP contribution in [-0.2, 0) is 16.2 Å². The Labute approximate surface area is 510 Å². The van der Waals surface area contributed by atoms with Crippen LogP contribution in [0.1, 0.15) is 72.2 Å². The van der Waals surface area contributed by atoms with Crippen LogP contribution in [0.4, 0.5) is 34.1 Å². The summed E-state index contributed by atoms with van der Waals surface area (Å²) >= 11 is 0. The first kappa shape index (κ1) is 50.9. The van der Waals surface area contributed by atoms with E-state index in [0.717, 1.165) is 39.7 Å². The van der Waals surface area contributed by atoms with E-state index in [4.69, 9.17) is 0 Å². The highest BCUT2D eigenvalue weighted by Crippen LogP contribution is 2.64. The molecule has 0 aromatic heterocycles. The van der Waals surface area contributed by atoms with E-state index in [1.54, 1.807) is 0 Å². The topological polar surface area (TPSA) is 6.48 Å². The van der Waals surface area contributed by atoms with Crippen molar-refractivity contribution in [3.8, 4) is 77.9 Å². The molecule has 0 heterocycles. The molecule has 0 amide bonds. The SMILES string of the molecule is CC1(C)c2ccccc2-c2ccc(N(c3ccccc3)c3cc(-c4cccc5c4-c4ccccc4C54c5ccccc5-c5ccccc54)cc(N(c4ccc(-c5ccccc5)cc4)c4ccc5c(c4)C(C)(C)c4cc(-c6ccccc6)ccc4-5)c3)cc21. The molecule has 13 aromatic rings. The fourth-order valence-electron chi connectivity index (χ4n) is 15.8. The van der Waals surface area contributed by atoms with Crippen LogP contribution in [0.2, 0.25) is 0 Å². The molecule has 0 radical (unpaired) electrons. The van der Waals surface area contributed by atoms with Crippen LogP contribution in [0.25, 0.3) is 77.9 Å². The van der Waals surface area contributed by atoms with Crippen LogP contribution in [0.5, 0.6) is 0 Å². The van der Waals surface area contributed by atoms with Gasteiger partial charge in [-0.25, -0.2) is 0 Å². The molecule has 0 bridgehead atoms. The summed E-state index contributed by atoms with van der Waals surface area (Å²) in [4.78, 5) is 5.02. The van der Waals surface area contributed by atoms with E-state index in [0.29, 0.717) is 0 Å². The van der Waals surface area contributed by atoms with Gasteiger partial charge in [0.1, 0.15) is 0 Å². The lowest BCUT2D eigenvalue weighted by Gasteiger charge is -2.32. The average Bonchev–Trinajstić information content (AvgIpc) is 1.52. The van der Waals surface area contributed by atoms with Gasteiger partial charge >= 0.3 is 0 Å². The zero-order valence-electron chi connectivity index (χ0n) is 49.3. The molecule has 4 aliphatic rings. The predicted molar refractivity (Wildman–Crippen MR) is 364 cm³/mol. The van der Waals surface area contributed by atoms with Crippen LogP contribution in [0.3, 0.4) is 0 Å². The third-order valence-electron chi connectivity index (χ3n) is 19.8. The first-order valence-corrected chi connectivity index (χ1v) is 30.6. The minimum Gasteiger partial charge on any atom is -0.310 e. The molecule has 1 spiro atoms. The molecule has 0 saturated carbocycles. The van der Waals surface area contributed by atoms with E-state index in [2.05, 4.69) is 341 Å². The van der Waals surface area contributed by atoms with E-state index in [9.17, 15) is 0 Å². The molecule has 0 aliphatic heterocycles. The maximum atomic E-state index is 2.52. The Bertz CT molecular complexity index is 4870. The van der Waals surface area contributed by atoms with Gasteiger partial charge in [0.25, 0.3) is 0 Å². The second-order valence-electron chi connectivity index (χ2n) is 25.2. The van der Waals surface area contributed by atoms with E-state index in [1.165, 1.54) is 117 Å². The van der Waals surface area contributed by atoms with Gasteiger partial charge in [-0.2, -0.15) is 0 Å². The number of hydrogen-bond acceptors (Lipinski definition) is 2. The molecular formula is C85H62N2. The Kier molecular flexibility index (Phi) is 11.3. The minimum atomic E-state index is -0.496. The molecule has 87 heavy (non-hydrogen) atoms. The lowest BCUT2D eigenvalue weighted by Crippen LogP contribution is -2.25. The summed E-state index contributed by atoms with van der Waals surface area (Å²) in [5.74, 6) is 0. The number of benzene rings is 13. The maximum Gasteiger partial charge on any atom is 0.0725 e. The van der Waals surface area contributed by atoms with E-state index in [-0.39, 0.29) is 10.8 Å².